The highest BCUT2D eigenvalue weighted by Crippen LogP contribution is 2.38. The van der Waals surface area contributed by atoms with E-state index in [9.17, 15) is 10.1 Å². The molecule has 0 aliphatic carbocycles. The van der Waals surface area contributed by atoms with Gasteiger partial charge in [-0.05, 0) is 18.2 Å². The second kappa shape index (κ2) is 4.73. The van der Waals surface area contributed by atoms with Crippen LogP contribution in [0.4, 0.5) is 5.69 Å². The molecular formula is C12H7Cl2NO2. The van der Waals surface area contributed by atoms with Crippen molar-refractivity contribution >= 4 is 28.9 Å². The number of rotatable bonds is 2. The third-order valence-electron chi connectivity index (χ3n) is 2.33. The van der Waals surface area contributed by atoms with Crippen LogP contribution in [0.25, 0.3) is 11.1 Å². The van der Waals surface area contributed by atoms with Crippen LogP contribution in [-0.4, -0.2) is 4.92 Å². The molecule has 0 heterocycles. The molecule has 0 bridgehead atoms. The summed E-state index contributed by atoms with van der Waals surface area (Å²) in [5.41, 5.74) is 0.902. The van der Waals surface area contributed by atoms with E-state index < -0.39 is 4.92 Å². The Balaban J connectivity index is 2.72. The van der Waals surface area contributed by atoms with Gasteiger partial charge >= 0.3 is 0 Å². The average molecular weight is 268 g/mol. The Hall–Kier alpha value is -1.58. The van der Waals surface area contributed by atoms with E-state index in [1.807, 2.05) is 0 Å². The Morgan fingerprint density at radius 3 is 2.12 bits per heavy atom. The summed E-state index contributed by atoms with van der Waals surface area (Å²) in [4.78, 5) is 10.5. The fraction of sp³-hybridized carbons (Fsp3) is 0. The van der Waals surface area contributed by atoms with Gasteiger partial charge in [0.1, 0.15) is 5.02 Å². The predicted octanol–water partition coefficient (Wildman–Crippen LogP) is 4.57. The number of para-hydroxylation sites is 1. The maximum atomic E-state index is 11.0. The molecule has 0 saturated heterocycles. The number of hydrogen-bond donors (Lipinski definition) is 0. The predicted molar refractivity (Wildman–Crippen MR) is 68.6 cm³/mol. The molecule has 17 heavy (non-hydrogen) atoms. The minimum Gasteiger partial charge on any atom is -0.258 e. The van der Waals surface area contributed by atoms with Crippen molar-refractivity contribution in [3.63, 3.8) is 0 Å². The fourth-order valence-electron chi connectivity index (χ4n) is 1.60. The van der Waals surface area contributed by atoms with Crippen molar-refractivity contribution in [1.82, 2.24) is 0 Å². The zero-order chi connectivity index (χ0) is 12.4. The van der Waals surface area contributed by atoms with Crippen LogP contribution < -0.4 is 0 Å². The van der Waals surface area contributed by atoms with Gasteiger partial charge in [0.2, 0.25) is 0 Å². The van der Waals surface area contributed by atoms with Gasteiger partial charge in [0, 0.05) is 10.6 Å². The molecule has 0 fully saturated rings. The Morgan fingerprint density at radius 2 is 1.47 bits per heavy atom. The third kappa shape index (κ3) is 2.25. The summed E-state index contributed by atoms with van der Waals surface area (Å²) in [7, 11) is 0. The number of benzene rings is 2. The number of halogens is 2. The summed E-state index contributed by atoms with van der Waals surface area (Å²) in [6.45, 7) is 0. The minimum absolute atomic E-state index is 0.104. The van der Waals surface area contributed by atoms with Gasteiger partial charge in [-0.2, -0.15) is 0 Å². The zero-order valence-corrected chi connectivity index (χ0v) is 10.1. The highest BCUT2D eigenvalue weighted by Gasteiger charge is 2.20. The fourth-order valence-corrected chi connectivity index (χ4v) is 2.08. The molecule has 3 nitrogen and oxygen atoms in total. The molecule has 0 aliphatic rings. The Bertz CT molecular complexity index is 584. The second-order valence-electron chi connectivity index (χ2n) is 3.37. The minimum atomic E-state index is -0.499. The Kier molecular flexibility index (Phi) is 3.31. The van der Waals surface area contributed by atoms with Crippen LogP contribution >= 0.6 is 23.2 Å². The molecule has 0 spiro atoms. The first-order valence-corrected chi connectivity index (χ1v) is 5.54. The molecule has 0 aromatic heterocycles. The van der Waals surface area contributed by atoms with Gasteiger partial charge in [0.25, 0.3) is 5.69 Å². The third-order valence-corrected chi connectivity index (χ3v) is 2.97. The summed E-state index contributed by atoms with van der Waals surface area (Å²) in [5.74, 6) is 0. The van der Waals surface area contributed by atoms with Crippen LogP contribution in [0.3, 0.4) is 0 Å². The van der Waals surface area contributed by atoms with Gasteiger partial charge in [0.05, 0.1) is 10.5 Å². The van der Waals surface area contributed by atoms with Crippen LogP contribution in [0, 0.1) is 10.1 Å². The largest absolute Gasteiger partial charge is 0.295 e. The number of nitro groups is 1. The Labute approximate surface area is 108 Å². The first kappa shape index (κ1) is 11.9. The van der Waals surface area contributed by atoms with E-state index in [1.54, 1.807) is 36.4 Å². The molecule has 2 aromatic carbocycles. The van der Waals surface area contributed by atoms with Crippen molar-refractivity contribution in [3.8, 4) is 11.1 Å². The van der Waals surface area contributed by atoms with Gasteiger partial charge in [0.15, 0.2) is 0 Å². The lowest BCUT2D eigenvalue weighted by molar-refractivity contribution is -0.384. The molecule has 2 rings (SSSR count). The molecule has 0 aliphatic heterocycles. The van der Waals surface area contributed by atoms with Crippen molar-refractivity contribution in [1.29, 1.82) is 0 Å². The monoisotopic (exact) mass is 267 g/mol. The summed E-state index contributed by atoms with van der Waals surface area (Å²) in [6.07, 6.45) is 0. The lowest BCUT2D eigenvalue weighted by Crippen LogP contribution is -1.93. The van der Waals surface area contributed by atoms with Gasteiger partial charge in [-0.25, -0.2) is 0 Å². The number of nitro benzene ring substituents is 1. The van der Waals surface area contributed by atoms with Crippen LogP contribution in [0.15, 0.2) is 42.5 Å². The van der Waals surface area contributed by atoms with Crippen molar-refractivity contribution in [2.24, 2.45) is 0 Å². The maximum absolute atomic E-state index is 11.0. The van der Waals surface area contributed by atoms with Crippen molar-refractivity contribution in [3.05, 3.63) is 62.6 Å². The maximum Gasteiger partial charge on any atom is 0.295 e. The lowest BCUT2D eigenvalue weighted by atomic mass is 10.0. The molecule has 0 radical (unpaired) electrons. The first-order valence-electron chi connectivity index (χ1n) is 4.79. The second-order valence-corrected chi connectivity index (χ2v) is 4.19. The van der Waals surface area contributed by atoms with E-state index in [1.165, 1.54) is 6.07 Å². The molecule has 86 valence electrons. The molecule has 0 unspecified atom stereocenters. The lowest BCUT2D eigenvalue weighted by Gasteiger charge is -2.06. The first-order chi connectivity index (χ1) is 8.11. The summed E-state index contributed by atoms with van der Waals surface area (Å²) < 4.78 is 0. The van der Waals surface area contributed by atoms with Crippen LogP contribution in [-0.2, 0) is 0 Å². The molecule has 0 saturated carbocycles. The van der Waals surface area contributed by atoms with Crippen molar-refractivity contribution in [2.45, 2.75) is 0 Å². The molecular weight excluding hydrogens is 261 g/mol. The average Bonchev–Trinajstić information content (AvgIpc) is 2.28. The van der Waals surface area contributed by atoms with E-state index in [0.717, 1.165) is 0 Å². The van der Waals surface area contributed by atoms with E-state index in [4.69, 9.17) is 23.2 Å². The van der Waals surface area contributed by atoms with E-state index in [0.29, 0.717) is 16.1 Å². The molecule has 5 heteroatoms. The SMILES string of the molecule is O=[N+]([O-])c1c(Cl)cccc1-c1ccccc1Cl. The van der Waals surface area contributed by atoms with Crippen molar-refractivity contribution < 1.29 is 4.92 Å². The Morgan fingerprint density at radius 1 is 0.882 bits per heavy atom. The van der Waals surface area contributed by atoms with Gasteiger partial charge in [-0.3, -0.25) is 10.1 Å². The number of nitrogens with zero attached hydrogens (tertiary/aromatic N) is 1. The number of hydrogen-bond acceptors (Lipinski definition) is 2. The highest BCUT2D eigenvalue weighted by atomic mass is 35.5. The highest BCUT2D eigenvalue weighted by molar-refractivity contribution is 6.35. The van der Waals surface area contributed by atoms with Gasteiger partial charge in [-0.15, -0.1) is 0 Å². The molecule has 0 atom stereocenters. The zero-order valence-electron chi connectivity index (χ0n) is 8.56. The van der Waals surface area contributed by atoms with Crippen LogP contribution in [0.5, 0.6) is 0 Å². The topological polar surface area (TPSA) is 43.1 Å². The summed E-state index contributed by atoms with van der Waals surface area (Å²) in [5, 5.41) is 11.6. The van der Waals surface area contributed by atoms with Gasteiger partial charge < -0.3 is 0 Å². The summed E-state index contributed by atoms with van der Waals surface area (Å²) in [6, 6.07) is 11.7. The van der Waals surface area contributed by atoms with Gasteiger partial charge in [-0.1, -0.05) is 47.5 Å². The standard InChI is InChI=1S/C12H7Cl2NO2/c13-10-6-2-1-4-8(10)9-5-3-7-11(14)12(9)15(16)17/h1-7H. The van der Waals surface area contributed by atoms with E-state index in [2.05, 4.69) is 0 Å². The van der Waals surface area contributed by atoms with E-state index in [-0.39, 0.29) is 10.7 Å². The van der Waals surface area contributed by atoms with Crippen LogP contribution in [0.1, 0.15) is 0 Å². The quantitative estimate of drug-likeness (QED) is 0.591. The van der Waals surface area contributed by atoms with Crippen LogP contribution in [0.2, 0.25) is 10.0 Å². The molecule has 0 amide bonds. The smallest absolute Gasteiger partial charge is 0.258 e. The van der Waals surface area contributed by atoms with Crippen molar-refractivity contribution in [2.75, 3.05) is 0 Å². The summed E-state index contributed by atoms with van der Waals surface area (Å²) >= 11 is 11.9. The van der Waals surface area contributed by atoms with E-state index >= 15 is 0 Å². The normalized spacial score (nSPS) is 10.2. The molecule has 0 N–H and O–H groups in total. The molecule has 2 aromatic rings.